The maximum absolute atomic E-state index is 13.7. The Kier molecular flexibility index (Phi) is 7.44. The number of carbonyl (C=O) groups excluding carboxylic acids is 1. The number of benzene rings is 2. The van der Waals surface area contributed by atoms with Gasteiger partial charge in [-0.2, -0.15) is 8.42 Å². The normalized spacial score (nSPS) is 15.4. The summed E-state index contributed by atoms with van der Waals surface area (Å²) in [6.07, 6.45) is 0.599. The second kappa shape index (κ2) is 10.3. The molecule has 0 radical (unpaired) electrons. The van der Waals surface area contributed by atoms with E-state index in [1.165, 1.54) is 11.4 Å². The van der Waals surface area contributed by atoms with Crippen LogP contribution in [0.15, 0.2) is 46.1 Å². The molecule has 1 fully saturated rings. The summed E-state index contributed by atoms with van der Waals surface area (Å²) in [6, 6.07) is 10.6. The Bertz CT molecular complexity index is 1310. The minimum absolute atomic E-state index is 0.0388. The fourth-order valence-corrected chi connectivity index (χ4v) is 6.22. The predicted octanol–water partition coefficient (Wildman–Crippen LogP) is 4.42. The zero-order valence-electron chi connectivity index (χ0n) is 20.1. The number of esters is 1. The lowest BCUT2D eigenvalue weighted by Crippen LogP contribution is -2.43. The van der Waals surface area contributed by atoms with Gasteiger partial charge in [-0.25, -0.2) is 9.78 Å². The topological polar surface area (TPSA) is 95.0 Å². The third-order valence-corrected chi connectivity index (χ3v) is 9.02. The Hall–Kier alpha value is -2.95. The van der Waals surface area contributed by atoms with Crippen LogP contribution in [-0.2, 0) is 26.1 Å². The van der Waals surface area contributed by atoms with Gasteiger partial charge in [0.05, 0.1) is 31.0 Å². The summed E-state index contributed by atoms with van der Waals surface area (Å²) < 4.78 is 45.3. The molecule has 2 heterocycles. The van der Waals surface area contributed by atoms with Crippen molar-refractivity contribution in [1.29, 1.82) is 0 Å². The van der Waals surface area contributed by atoms with Gasteiger partial charge >= 0.3 is 5.97 Å². The van der Waals surface area contributed by atoms with E-state index in [4.69, 9.17) is 14.2 Å². The number of thiazole rings is 1. The molecule has 0 bridgehead atoms. The van der Waals surface area contributed by atoms with Crippen molar-refractivity contribution in [2.45, 2.75) is 44.2 Å². The average Bonchev–Trinajstić information content (AvgIpc) is 3.26. The highest BCUT2D eigenvalue weighted by molar-refractivity contribution is 7.94. The minimum Gasteiger partial charge on any atom is -0.487 e. The first kappa shape index (κ1) is 25.2. The standard InChI is InChI=1S/C25H28N2O6S2/c1-16-11-22(27(13-21-9-10-32-21)35(29,30)25-26-18(3)15-34-25)23(12-17(16)2)33-14-19-5-7-20(8-6-19)24(28)31-4/h5-8,11-12,15,21H,9-10,13-14H2,1-4H3. The second-order valence-electron chi connectivity index (χ2n) is 8.45. The lowest BCUT2D eigenvalue weighted by Gasteiger charge is -2.33. The predicted molar refractivity (Wildman–Crippen MR) is 134 cm³/mol. The lowest BCUT2D eigenvalue weighted by molar-refractivity contribution is -0.0428. The number of aromatic nitrogens is 1. The highest BCUT2D eigenvalue weighted by Crippen LogP contribution is 2.37. The molecule has 1 aliphatic rings. The van der Waals surface area contributed by atoms with E-state index in [0.717, 1.165) is 34.4 Å². The SMILES string of the molecule is COC(=O)c1ccc(COc2cc(C)c(C)cc2N(CC2CCO2)S(=O)(=O)c2nc(C)cs2)cc1. The van der Waals surface area contributed by atoms with Gasteiger partial charge in [0.25, 0.3) is 10.0 Å². The first-order chi connectivity index (χ1) is 16.7. The van der Waals surface area contributed by atoms with Crippen LogP contribution in [0, 0.1) is 20.8 Å². The number of carbonyl (C=O) groups is 1. The van der Waals surface area contributed by atoms with E-state index in [2.05, 4.69) is 4.98 Å². The van der Waals surface area contributed by atoms with Crippen molar-refractivity contribution in [2.75, 3.05) is 24.6 Å². The van der Waals surface area contributed by atoms with Crippen molar-refractivity contribution in [3.05, 3.63) is 69.7 Å². The minimum atomic E-state index is -3.93. The van der Waals surface area contributed by atoms with Crippen LogP contribution in [0.5, 0.6) is 5.75 Å². The van der Waals surface area contributed by atoms with Crippen LogP contribution in [0.4, 0.5) is 5.69 Å². The number of methoxy groups -OCH3 is 1. The van der Waals surface area contributed by atoms with Gasteiger partial charge in [0, 0.05) is 17.7 Å². The fraction of sp³-hybridized carbons (Fsp3) is 0.360. The molecular weight excluding hydrogens is 488 g/mol. The van der Waals surface area contributed by atoms with Gasteiger partial charge in [-0.3, -0.25) is 4.31 Å². The highest BCUT2D eigenvalue weighted by atomic mass is 32.2. The molecule has 0 N–H and O–H groups in total. The van der Waals surface area contributed by atoms with E-state index < -0.39 is 16.0 Å². The zero-order chi connectivity index (χ0) is 25.2. The Morgan fingerprint density at radius 3 is 2.43 bits per heavy atom. The van der Waals surface area contributed by atoms with Gasteiger partial charge in [0.15, 0.2) is 0 Å². The van der Waals surface area contributed by atoms with E-state index in [1.54, 1.807) is 36.6 Å². The van der Waals surface area contributed by atoms with E-state index in [0.29, 0.717) is 29.3 Å². The molecule has 0 aliphatic carbocycles. The molecule has 1 aromatic heterocycles. The monoisotopic (exact) mass is 516 g/mol. The Morgan fingerprint density at radius 2 is 1.86 bits per heavy atom. The molecule has 10 heteroatoms. The van der Waals surface area contributed by atoms with Crippen LogP contribution in [0.2, 0.25) is 0 Å². The summed E-state index contributed by atoms with van der Waals surface area (Å²) in [5.74, 6) is 0.0340. The first-order valence-corrected chi connectivity index (χ1v) is 13.5. The summed E-state index contributed by atoms with van der Waals surface area (Å²) in [6.45, 7) is 6.65. The van der Waals surface area contributed by atoms with Crippen LogP contribution in [0.1, 0.15) is 39.2 Å². The number of rotatable bonds is 9. The zero-order valence-corrected chi connectivity index (χ0v) is 21.7. The van der Waals surface area contributed by atoms with Gasteiger partial charge in [0.1, 0.15) is 12.4 Å². The van der Waals surface area contributed by atoms with Gasteiger partial charge in [-0.05, 0) is 68.1 Å². The number of aryl methyl sites for hydroxylation is 3. The Morgan fingerprint density at radius 1 is 1.17 bits per heavy atom. The van der Waals surface area contributed by atoms with Gasteiger partial charge in [-0.15, -0.1) is 11.3 Å². The molecule has 186 valence electrons. The number of anilines is 1. The van der Waals surface area contributed by atoms with Gasteiger partial charge in [0.2, 0.25) is 4.34 Å². The van der Waals surface area contributed by atoms with Crippen LogP contribution < -0.4 is 9.04 Å². The maximum Gasteiger partial charge on any atom is 0.337 e. The van der Waals surface area contributed by atoms with Crippen LogP contribution >= 0.6 is 11.3 Å². The molecule has 0 saturated carbocycles. The summed E-state index contributed by atoms with van der Waals surface area (Å²) in [7, 11) is -2.59. The van der Waals surface area contributed by atoms with Crippen molar-refractivity contribution in [3.63, 3.8) is 0 Å². The molecule has 4 rings (SSSR count). The number of hydrogen-bond acceptors (Lipinski definition) is 8. The number of hydrogen-bond donors (Lipinski definition) is 0. The second-order valence-corrected chi connectivity index (χ2v) is 11.3. The van der Waals surface area contributed by atoms with Gasteiger partial charge in [-0.1, -0.05) is 12.1 Å². The van der Waals surface area contributed by atoms with Crippen molar-refractivity contribution in [3.8, 4) is 5.75 Å². The first-order valence-electron chi connectivity index (χ1n) is 11.2. The molecule has 1 unspecified atom stereocenters. The fourth-order valence-electron chi connectivity index (χ4n) is 3.59. The third kappa shape index (κ3) is 5.50. The largest absolute Gasteiger partial charge is 0.487 e. The number of sulfonamides is 1. The van der Waals surface area contributed by atoms with E-state index in [1.807, 2.05) is 26.0 Å². The molecular formula is C25H28N2O6S2. The van der Waals surface area contributed by atoms with E-state index in [-0.39, 0.29) is 23.6 Å². The van der Waals surface area contributed by atoms with Crippen molar-refractivity contribution >= 4 is 33.0 Å². The average molecular weight is 517 g/mol. The quantitative estimate of drug-likeness (QED) is 0.389. The summed E-state index contributed by atoms with van der Waals surface area (Å²) in [5, 5.41) is 1.72. The van der Waals surface area contributed by atoms with Crippen molar-refractivity contribution in [2.24, 2.45) is 0 Å². The summed E-state index contributed by atoms with van der Waals surface area (Å²) >= 11 is 1.10. The molecule has 0 amide bonds. The van der Waals surface area contributed by atoms with Crippen LogP contribution in [-0.4, -0.2) is 45.7 Å². The summed E-state index contributed by atoms with van der Waals surface area (Å²) in [5.41, 5.74) is 4.30. The van der Waals surface area contributed by atoms with Crippen LogP contribution in [0.3, 0.4) is 0 Å². The van der Waals surface area contributed by atoms with Crippen LogP contribution in [0.25, 0.3) is 0 Å². The molecule has 2 aromatic carbocycles. The number of nitrogens with zero attached hydrogens (tertiary/aromatic N) is 2. The Balaban J connectivity index is 1.68. The molecule has 1 saturated heterocycles. The van der Waals surface area contributed by atoms with E-state index >= 15 is 0 Å². The highest BCUT2D eigenvalue weighted by Gasteiger charge is 2.34. The number of ether oxygens (including phenoxy) is 3. The molecule has 0 spiro atoms. The molecule has 8 nitrogen and oxygen atoms in total. The Labute approximate surface area is 209 Å². The van der Waals surface area contributed by atoms with Crippen molar-refractivity contribution in [1.82, 2.24) is 4.98 Å². The summed E-state index contributed by atoms with van der Waals surface area (Å²) in [4.78, 5) is 15.9. The lowest BCUT2D eigenvalue weighted by atomic mass is 10.1. The third-order valence-electron chi connectivity index (χ3n) is 5.88. The molecule has 35 heavy (non-hydrogen) atoms. The van der Waals surface area contributed by atoms with Gasteiger partial charge < -0.3 is 14.2 Å². The molecule has 1 aliphatic heterocycles. The smallest absolute Gasteiger partial charge is 0.337 e. The molecule has 3 aromatic rings. The molecule has 1 atom stereocenters. The van der Waals surface area contributed by atoms with Crippen molar-refractivity contribution < 1.29 is 27.4 Å². The maximum atomic E-state index is 13.7. The van der Waals surface area contributed by atoms with E-state index in [9.17, 15) is 13.2 Å².